The van der Waals surface area contributed by atoms with Crippen LogP contribution in [0.3, 0.4) is 0 Å². The van der Waals surface area contributed by atoms with Crippen molar-refractivity contribution in [1.29, 1.82) is 0 Å². The van der Waals surface area contributed by atoms with Gasteiger partial charge in [-0.2, -0.15) is 0 Å². The second kappa shape index (κ2) is 2.73. The van der Waals surface area contributed by atoms with E-state index in [0.717, 1.165) is 39.2 Å². The lowest BCUT2D eigenvalue weighted by Gasteiger charge is -2.48. The first kappa shape index (κ1) is 7.53. The predicted octanol–water partition coefficient (Wildman–Crippen LogP) is 0.141. The third kappa shape index (κ3) is 1.28. The van der Waals surface area contributed by atoms with E-state index in [1.54, 1.807) is 0 Å². The summed E-state index contributed by atoms with van der Waals surface area (Å²) < 4.78 is 11.0. The Hall–Kier alpha value is -0.120. The van der Waals surface area contributed by atoms with Crippen LogP contribution in [-0.2, 0) is 9.47 Å². The SMILES string of the molecule is NCC1CC2(COCCO2)C1. The molecule has 3 nitrogen and oxygen atoms in total. The number of hydrogen-bond acceptors (Lipinski definition) is 3. The van der Waals surface area contributed by atoms with Crippen molar-refractivity contribution in [2.75, 3.05) is 26.4 Å². The molecule has 1 aliphatic heterocycles. The maximum atomic E-state index is 5.65. The van der Waals surface area contributed by atoms with Gasteiger partial charge in [-0.1, -0.05) is 0 Å². The van der Waals surface area contributed by atoms with Gasteiger partial charge in [0.05, 0.1) is 25.4 Å². The van der Waals surface area contributed by atoms with Crippen LogP contribution in [0.2, 0.25) is 0 Å². The van der Waals surface area contributed by atoms with Crippen molar-refractivity contribution < 1.29 is 9.47 Å². The molecule has 0 radical (unpaired) electrons. The van der Waals surface area contributed by atoms with Crippen molar-refractivity contribution >= 4 is 0 Å². The molecule has 0 atom stereocenters. The number of hydrogen-bond donors (Lipinski definition) is 1. The molecule has 1 saturated carbocycles. The van der Waals surface area contributed by atoms with Crippen LogP contribution < -0.4 is 5.73 Å². The normalized spacial score (nSPS) is 43.9. The standard InChI is InChI=1S/C8H15NO2/c9-5-7-3-8(4-7)6-10-1-2-11-8/h7H,1-6,9H2. The molecule has 2 aliphatic rings. The summed E-state index contributed by atoms with van der Waals surface area (Å²) in [6, 6.07) is 0. The lowest BCUT2D eigenvalue weighted by Crippen LogP contribution is -2.54. The van der Waals surface area contributed by atoms with E-state index in [1.807, 2.05) is 0 Å². The molecule has 1 heterocycles. The van der Waals surface area contributed by atoms with Gasteiger partial charge in [0.15, 0.2) is 0 Å². The molecule has 64 valence electrons. The average Bonchev–Trinajstić information content (AvgIpc) is 2.01. The molecule has 1 saturated heterocycles. The van der Waals surface area contributed by atoms with E-state index in [9.17, 15) is 0 Å². The van der Waals surface area contributed by atoms with Gasteiger partial charge in [-0.25, -0.2) is 0 Å². The van der Waals surface area contributed by atoms with Crippen LogP contribution in [0.4, 0.5) is 0 Å². The summed E-state index contributed by atoms with van der Waals surface area (Å²) in [7, 11) is 0. The summed E-state index contributed by atoms with van der Waals surface area (Å²) in [5.41, 5.74) is 5.60. The van der Waals surface area contributed by atoms with Gasteiger partial charge in [-0.05, 0) is 25.3 Å². The minimum atomic E-state index is 0.0717. The van der Waals surface area contributed by atoms with Crippen molar-refractivity contribution in [2.24, 2.45) is 11.7 Å². The summed E-state index contributed by atoms with van der Waals surface area (Å²) in [5.74, 6) is 0.677. The molecule has 0 bridgehead atoms. The first-order valence-corrected chi connectivity index (χ1v) is 4.26. The second-order valence-electron chi connectivity index (χ2n) is 3.59. The van der Waals surface area contributed by atoms with E-state index in [-0.39, 0.29) is 5.60 Å². The topological polar surface area (TPSA) is 44.5 Å². The third-order valence-corrected chi connectivity index (χ3v) is 2.66. The summed E-state index contributed by atoms with van der Waals surface area (Å²) in [5, 5.41) is 0. The van der Waals surface area contributed by atoms with Crippen molar-refractivity contribution in [1.82, 2.24) is 0 Å². The molecule has 3 heteroatoms. The molecular formula is C8H15NO2. The number of rotatable bonds is 1. The molecule has 0 amide bonds. The quantitative estimate of drug-likeness (QED) is 0.589. The second-order valence-corrected chi connectivity index (χ2v) is 3.59. The lowest BCUT2D eigenvalue weighted by molar-refractivity contribution is -0.208. The minimum absolute atomic E-state index is 0.0717. The fourth-order valence-electron chi connectivity index (χ4n) is 2.01. The largest absolute Gasteiger partial charge is 0.376 e. The van der Waals surface area contributed by atoms with Gasteiger partial charge >= 0.3 is 0 Å². The monoisotopic (exact) mass is 157 g/mol. The minimum Gasteiger partial charge on any atom is -0.376 e. The van der Waals surface area contributed by atoms with E-state index < -0.39 is 0 Å². The summed E-state index contributed by atoms with van der Waals surface area (Å²) in [4.78, 5) is 0. The van der Waals surface area contributed by atoms with Gasteiger partial charge in [0.2, 0.25) is 0 Å². The van der Waals surface area contributed by atoms with Crippen LogP contribution in [0, 0.1) is 5.92 Å². The first-order valence-electron chi connectivity index (χ1n) is 4.26. The molecule has 2 rings (SSSR count). The highest BCUT2D eigenvalue weighted by Gasteiger charge is 2.46. The Bertz CT molecular complexity index is 135. The molecule has 0 aromatic heterocycles. The lowest BCUT2D eigenvalue weighted by atomic mass is 9.71. The maximum absolute atomic E-state index is 5.65. The molecule has 1 aliphatic carbocycles. The zero-order valence-electron chi connectivity index (χ0n) is 6.71. The van der Waals surface area contributed by atoms with Gasteiger partial charge in [0.1, 0.15) is 0 Å². The third-order valence-electron chi connectivity index (χ3n) is 2.66. The van der Waals surface area contributed by atoms with E-state index >= 15 is 0 Å². The van der Waals surface area contributed by atoms with Crippen molar-refractivity contribution in [3.05, 3.63) is 0 Å². The smallest absolute Gasteiger partial charge is 0.0922 e. The van der Waals surface area contributed by atoms with Gasteiger partial charge in [-0.15, -0.1) is 0 Å². The molecule has 0 aromatic carbocycles. The van der Waals surface area contributed by atoms with Gasteiger partial charge in [0, 0.05) is 0 Å². The van der Waals surface area contributed by atoms with Crippen molar-refractivity contribution in [3.63, 3.8) is 0 Å². The van der Waals surface area contributed by atoms with Crippen LogP contribution in [0.15, 0.2) is 0 Å². The van der Waals surface area contributed by atoms with E-state index in [1.165, 1.54) is 0 Å². The Morgan fingerprint density at radius 3 is 2.73 bits per heavy atom. The zero-order chi connectivity index (χ0) is 7.73. The molecular weight excluding hydrogens is 142 g/mol. The highest BCUT2D eigenvalue weighted by Crippen LogP contribution is 2.41. The fraction of sp³-hybridized carbons (Fsp3) is 1.00. The number of nitrogens with two attached hydrogens (primary N) is 1. The van der Waals surface area contributed by atoms with E-state index in [4.69, 9.17) is 15.2 Å². The Labute approximate surface area is 66.8 Å². The summed E-state index contributed by atoms with van der Waals surface area (Å²) in [6.07, 6.45) is 2.20. The summed E-state index contributed by atoms with van der Waals surface area (Å²) >= 11 is 0. The van der Waals surface area contributed by atoms with E-state index in [0.29, 0.717) is 5.92 Å². The Kier molecular flexibility index (Phi) is 1.87. The molecule has 0 unspecified atom stereocenters. The Morgan fingerprint density at radius 2 is 2.18 bits per heavy atom. The van der Waals surface area contributed by atoms with Crippen LogP contribution >= 0.6 is 0 Å². The van der Waals surface area contributed by atoms with Crippen molar-refractivity contribution in [3.8, 4) is 0 Å². The molecule has 2 fully saturated rings. The van der Waals surface area contributed by atoms with Gasteiger partial charge in [-0.3, -0.25) is 0 Å². The molecule has 1 spiro atoms. The highest BCUT2D eigenvalue weighted by atomic mass is 16.6. The summed E-state index contributed by atoms with van der Waals surface area (Å²) in [6.45, 7) is 3.10. The van der Waals surface area contributed by atoms with Crippen LogP contribution in [0.5, 0.6) is 0 Å². The van der Waals surface area contributed by atoms with Gasteiger partial charge in [0.25, 0.3) is 0 Å². The first-order chi connectivity index (χ1) is 5.35. The molecule has 11 heavy (non-hydrogen) atoms. The van der Waals surface area contributed by atoms with Crippen LogP contribution in [-0.4, -0.2) is 32.0 Å². The number of ether oxygens (including phenoxy) is 2. The average molecular weight is 157 g/mol. The molecule has 2 N–H and O–H groups in total. The van der Waals surface area contributed by atoms with Gasteiger partial charge < -0.3 is 15.2 Å². The van der Waals surface area contributed by atoms with Crippen LogP contribution in [0.1, 0.15) is 12.8 Å². The highest BCUT2D eigenvalue weighted by molar-refractivity contribution is 4.97. The van der Waals surface area contributed by atoms with E-state index in [2.05, 4.69) is 0 Å². The predicted molar refractivity (Wildman–Crippen MR) is 41.3 cm³/mol. The zero-order valence-corrected chi connectivity index (χ0v) is 6.71. The maximum Gasteiger partial charge on any atom is 0.0922 e. The van der Waals surface area contributed by atoms with Crippen molar-refractivity contribution in [2.45, 2.75) is 18.4 Å². The fourth-order valence-corrected chi connectivity index (χ4v) is 2.01. The van der Waals surface area contributed by atoms with Crippen LogP contribution in [0.25, 0.3) is 0 Å². The Balaban J connectivity index is 1.84. The Morgan fingerprint density at radius 1 is 1.36 bits per heavy atom. The molecule has 0 aromatic rings.